The molecule has 0 amide bonds. The van der Waals surface area contributed by atoms with Gasteiger partial charge < -0.3 is 24.4 Å². The molecule has 7 nitrogen and oxygen atoms in total. The lowest BCUT2D eigenvalue weighted by Gasteiger charge is -2.18. The number of hydrogen-bond acceptors (Lipinski definition) is 6. The van der Waals surface area contributed by atoms with Crippen molar-refractivity contribution in [3.63, 3.8) is 0 Å². The second-order valence-electron chi connectivity index (χ2n) is 10.7. The molecule has 0 saturated heterocycles. The van der Waals surface area contributed by atoms with Crippen molar-refractivity contribution in [1.82, 2.24) is 0 Å². The summed E-state index contributed by atoms with van der Waals surface area (Å²) in [5.41, 5.74) is 2.45. The number of halogens is 1. The van der Waals surface area contributed by atoms with Gasteiger partial charge in [0, 0.05) is 28.7 Å². The first kappa shape index (κ1) is 26.5. The van der Waals surface area contributed by atoms with Gasteiger partial charge in [0.1, 0.15) is 41.0 Å². The second-order valence-corrected chi connectivity index (χ2v) is 10.7. The number of rotatable bonds is 9. The topological polar surface area (TPSA) is 109 Å². The van der Waals surface area contributed by atoms with Crippen molar-refractivity contribution < 1.29 is 33.6 Å². The highest BCUT2D eigenvalue weighted by Gasteiger charge is 2.32. The fourth-order valence-electron chi connectivity index (χ4n) is 5.21. The molecule has 3 aromatic carbocycles. The fraction of sp³-hybridized carbons (Fsp3) is 0.355. The van der Waals surface area contributed by atoms with Gasteiger partial charge in [-0.2, -0.15) is 5.26 Å². The van der Waals surface area contributed by atoms with Crippen molar-refractivity contribution in [1.29, 1.82) is 5.26 Å². The van der Waals surface area contributed by atoms with E-state index in [0.29, 0.717) is 72.0 Å². The molecule has 1 aliphatic carbocycles. The highest BCUT2D eigenvalue weighted by atomic mass is 19.1. The van der Waals surface area contributed by atoms with E-state index in [-0.39, 0.29) is 18.2 Å². The number of benzene rings is 3. The number of aryl methyl sites for hydroxylation is 1. The number of carboxylic acids is 1. The Morgan fingerprint density at radius 2 is 1.97 bits per heavy atom. The highest BCUT2D eigenvalue weighted by Crippen LogP contribution is 2.44. The first-order chi connectivity index (χ1) is 18.6. The van der Waals surface area contributed by atoms with Gasteiger partial charge in [0.25, 0.3) is 0 Å². The van der Waals surface area contributed by atoms with Crippen molar-refractivity contribution in [2.24, 2.45) is 0 Å². The lowest BCUT2D eigenvalue weighted by atomic mass is 9.98. The van der Waals surface area contributed by atoms with Crippen LogP contribution in [0.1, 0.15) is 72.9 Å². The number of nitriles is 1. The molecular formula is C31H30FNO6. The predicted molar refractivity (Wildman–Crippen MR) is 141 cm³/mol. The summed E-state index contributed by atoms with van der Waals surface area (Å²) in [7, 11) is 0. The second kappa shape index (κ2) is 10.6. The molecule has 2 N–H and O–H groups in total. The molecule has 0 aromatic heterocycles. The summed E-state index contributed by atoms with van der Waals surface area (Å²) in [6.07, 6.45) is 1.74. The Bertz CT molecular complexity index is 1450. The molecule has 0 fully saturated rings. The molecule has 5 rings (SSSR count). The summed E-state index contributed by atoms with van der Waals surface area (Å²) in [5, 5.41) is 28.8. The first-order valence-corrected chi connectivity index (χ1v) is 13.0. The zero-order valence-corrected chi connectivity index (χ0v) is 21.9. The fourth-order valence-corrected chi connectivity index (χ4v) is 5.21. The first-order valence-electron chi connectivity index (χ1n) is 13.0. The molecule has 8 heteroatoms. The lowest BCUT2D eigenvalue weighted by Crippen LogP contribution is -2.19. The molecule has 2 atom stereocenters. The maximum Gasteiger partial charge on any atom is 0.304 e. The van der Waals surface area contributed by atoms with Gasteiger partial charge in [-0.05, 0) is 75.4 Å². The summed E-state index contributed by atoms with van der Waals surface area (Å²) in [6.45, 7) is 3.80. The number of fused-ring (bicyclic) bond motifs is 2. The van der Waals surface area contributed by atoms with Crippen LogP contribution in [0.3, 0.4) is 0 Å². The minimum atomic E-state index is -0.878. The highest BCUT2D eigenvalue weighted by molar-refractivity contribution is 5.69. The minimum Gasteiger partial charge on any atom is -0.492 e. The number of ether oxygens (including phenoxy) is 3. The van der Waals surface area contributed by atoms with Gasteiger partial charge in [0.05, 0.1) is 24.2 Å². The maximum atomic E-state index is 15.0. The number of nitrogens with zero attached hydrogens (tertiary/aromatic N) is 1. The Morgan fingerprint density at radius 3 is 2.72 bits per heavy atom. The van der Waals surface area contributed by atoms with E-state index in [0.717, 1.165) is 11.1 Å². The lowest BCUT2D eigenvalue weighted by molar-refractivity contribution is -0.137. The predicted octanol–water partition coefficient (Wildman–Crippen LogP) is 6.21. The zero-order valence-electron chi connectivity index (χ0n) is 21.9. The Morgan fingerprint density at radius 1 is 1.18 bits per heavy atom. The maximum absolute atomic E-state index is 15.0. The average Bonchev–Trinajstić information content (AvgIpc) is 3.49. The molecule has 0 saturated carbocycles. The third-order valence-electron chi connectivity index (χ3n) is 7.21. The Hall–Kier alpha value is -4.09. The normalized spacial score (nSPS) is 17.6. The van der Waals surface area contributed by atoms with Crippen LogP contribution in [0.25, 0.3) is 0 Å². The van der Waals surface area contributed by atoms with Crippen LogP contribution in [-0.4, -0.2) is 28.4 Å². The standard InChI is InChI=1S/C31H30FNO6/c1-31(2,36)12-11-18-3-8-25(19(13-18)16-33)39-26-10-7-24(32)30-23(26)6-9-27(30)38-21-4-5-22-20(14-29(34)35)17-37-28(22)15-21/h3-5,7-8,10,13,15,20,27,36H,6,9,11-12,14,17H2,1-2H3,(H,34,35)/t20?,27-/m1/s1. The molecule has 0 radical (unpaired) electrons. The molecule has 1 unspecified atom stereocenters. The molecule has 39 heavy (non-hydrogen) atoms. The van der Waals surface area contributed by atoms with E-state index in [1.165, 1.54) is 6.07 Å². The van der Waals surface area contributed by atoms with E-state index >= 15 is 4.39 Å². The molecule has 3 aromatic rings. The van der Waals surface area contributed by atoms with Gasteiger partial charge in [-0.25, -0.2) is 4.39 Å². The molecule has 0 spiro atoms. The van der Waals surface area contributed by atoms with Crippen molar-refractivity contribution in [2.45, 2.75) is 63.6 Å². The van der Waals surface area contributed by atoms with Gasteiger partial charge in [-0.15, -0.1) is 0 Å². The van der Waals surface area contributed by atoms with Crippen LogP contribution in [0.4, 0.5) is 4.39 Å². The SMILES string of the molecule is CC(C)(O)CCc1ccc(Oc2ccc(F)c3c2CC[C@H]3Oc2ccc3c(c2)OCC3CC(=O)O)c(C#N)c1. The van der Waals surface area contributed by atoms with Crippen molar-refractivity contribution in [2.75, 3.05) is 6.61 Å². The summed E-state index contributed by atoms with van der Waals surface area (Å²) < 4.78 is 33.0. The zero-order chi connectivity index (χ0) is 27.7. The summed E-state index contributed by atoms with van der Waals surface area (Å²) >= 11 is 0. The Balaban J connectivity index is 1.34. The van der Waals surface area contributed by atoms with Crippen LogP contribution in [0.2, 0.25) is 0 Å². The number of hydrogen-bond donors (Lipinski definition) is 2. The molecule has 1 heterocycles. The van der Waals surface area contributed by atoms with Gasteiger partial charge in [0.2, 0.25) is 0 Å². The quantitative estimate of drug-likeness (QED) is 0.338. The third kappa shape index (κ3) is 5.84. The van der Waals surface area contributed by atoms with E-state index in [1.807, 2.05) is 12.1 Å². The van der Waals surface area contributed by atoms with Crippen LogP contribution < -0.4 is 14.2 Å². The molecule has 1 aliphatic heterocycles. The smallest absolute Gasteiger partial charge is 0.304 e. The van der Waals surface area contributed by atoms with Crippen molar-refractivity contribution in [3.8, 4) is 29.1 Å². The van der Waals surface area contributed by atoms with Crippen LogP contribution >= 0.6 is 0 Å². The van der Waals surface area contributed by atoms with Gasteiger partial charge in [-0.3, -0.25) is 4.79 Å². The molecular weight excluding hydrogens is 501 g/mol. The van der Waals surface area contributed by atoms with Gasteiger partial charge in [-0.1, -0.05) is 12.1 Å². The number of aliphatic hydroxyl groups is 1. The average molecular weight is 532 g/mol. The third-order valence-corrected chi connectivity index (χ3v) is 7.21. The number of carbonyl (C=O) groups is 1. The van der Waals surface area contributed by atoms with E-state index in [9.17, 15) is 15.2 Å². The van der Waals surface area contributed by atoms with Gasteiger partial charge in [0.15, 0.2) is 0 Å². The number of carboxylic acid groups (broad SMARTS) is 1. The summed E-state index contributed by atoms with van der Waals surface area (Å²) in [6, 6.07) is 15.8. The molecule has 0 bridgehead atoms. The summed E-state index contributed by atoms with van der Waals surface area (Å²) in [4.78, 5) is 11.1. The van der Waals surface area contributed by atoms with E-state index in [1.54, 1.807) is 44.2 Å². The van der Waals surface area contributed by atoms with E-state index < -0.39 is 17.7 Å². The molecule has 202 valence electrons. The monoisotopic (exact) mass is 531 g/mol. The van der Waals surface area contributed by atoms with E-state index in [4.69, 9.17) is 19.3 Å². The Labute approximate surface area is 226 Å². The van der Waals surface area contributed by atoms with Crippen LogP contribution in [0.15, 0.2) is 48.5 Å². The van der Waals surface area contributed by atoms with Crippen molar-refractivity contribution in [3.05, 3.63) is 82.2 Å². The van der Waals surface area contributed by atoms with Gasteiger partial charge >= 0.3 is 5.97 Å². The molecule has 2 aliphatic rings. The van der Waals surface area contributed by atoms with Crippen LogP contribution in [0.5, 0.6) is 23.0 Å². The Kier molecular flexibility index (Phi) is 7.19. The van der Waals surface area contributed by atoms with Crippen LogP contribution in [0, 0.1) is 17.1 Å². The van der Waals surface area contributed by atoms with E-state index in [2.05, 4.69) is 6.07 Å². The largest absolute Gasteiger partial charge is 0.492 e. The minimum absolute atomic E-state index is 0.00568. The number of aliphatic carboxylic acids is 1. The van der Waals surface area contributed by atoms with Crippen molar-refractivity contribution >= 4 is 5.97 Å². The summed E-state index contributed by atoms with van der Waals surface area (Å²) in [5.74, 6) is 0.496. The van der Waals surface area contributed by atoms with Crippen LogP contribution in [-0.2, 0) is 17.6 Å².